The number of carbonyl (C=O) groups is 1. The second kappa shape index (κ2) is 5.25. The topological polar surface area (TPSA) is 67.8 Å². The van der Waals surface area contributed by atoms with E-state index in [1.54, 1.807) is 24.3 Å². The molecular formula is C12H13NO4. The van der Waals surface area contributed by atoms with Crippen LogP contribution in [0.15, 0.2) is 36.3 Å². The van der Waals surface area contributed by atoms with E-state index >= 15 is 0 Å². The zero-order chi connectivity index (χ0) is 12.1. The minimum Gasteiger partial charge on any atom is -0.508 e. The van der Waals surface area contributed by atoms with Gasteiger partial charge in [0.1, 0.15) is 25.2 Å². The smallest absolute Gasteiger partial charge is 0.289 e. The molecule has 0 saturated carbocycles. The molecule has 0 unspecified atom stereocenters. The molecular weight excluding hydrogens is 222 g/mol. The molecule has 5 nitrogen and oxygen atoms in total. The summed E-state index contributed by atoms with van der Waals surface area (Å²) in [6, 6.07) is 6.62. The molecule has 1 aromatic carbocycles. The first-order chi connectivity index (χ1) is 8.25. The van der Waals surface area contributed by atoms with E-state index in [4.69, 9.17) is 14.6 Å². The number of nitrogens with one attached hydrogen (secondary N) is 1. The lowest BCUT2D eigenvalue weighted by molar-refractivity contribution is -0.122. The molecule has 2 rings (SSSR count). The van der Waals surface area contributed by atoms with Crippen LogP contribution < -0.4 is 5.32 Å². The van der Waals surface area contributed by atoms with Crippen LogP contribution in [0, 0.1) is 0 Å². The summed E-state index contributed by atoms with van der Waals surface area (Å²) in [6.45, 7) is 1.23. The summed E-state index contributed by atoms with van der Waals surface area (Å²) in [5.74, 6) is 0.0830. The molecule has 1 aliphatic heterocycles. The minimum absolute atomic E-state index is 0.190. The molecule has 90 valence electrons. The number of phenols is 1. The molecule has 0 fully saturated rings. The Morgan fingerprint density at radius 1 is 1.29 bits per heavy atom. The number of amides is 1. The quantitative estimate of drug-likeness (QED) is 0.816. The van der Waals surface area contributed by atoms with Crippen LogP contribution in [-0.2, 0) is 20.8 Å². The molecule has 0 atom stereocenters. The SMILES string of the molecule is O=C(NCc1ccc(O)cc1)C1=COCCO1. The Labute approximate surface area is 98.7 Å². The van der Waals surface area contributed by atoms with Crippen molar-refractivity contribution in [2.45, 2.75) is 6.54 Å². The predicted octanol–water partition coefficient (Wildman–Crippen LogP) is 0.897. The van der Waals surface area contributed by atoms with Crippen molar-refractivity contribution in [3.63, 3.8) is 0 Å². The maximum atomic E-state index is 11.6. The summed E-state index contributed by atoms with van der Waals surface area (Å²) in [5, 5.41) is 11.8. The average Bonchev–Trinajstić information content (AvgIpc) is 2.39. The van der Waals surface area contributed by atoms with E-state index in [1.165, 1.54) is 6.26 Å². The lowest BCUT2D eigenvalue weighted by Gasteiger charge is -2.14. The highest BCUT2D eigenvalue weighted by Gasteiger charge is 2.14. The fraction of sp³-hybridized carbons (Fsp3) is 0.250. The summed E-state index contributed by atoms with van der Waals surface area (Å²) in [5.41, 5.74) is 0.897. The van der Waals surface area contributed by atoms with E-state index in [2.05, 4.69) is 5.32 Å². The Hall–Kier alpha value is -2.17. The third-order valence-electron chi connectivity index (χ3n) is 2.26. The Balaban J connectivity index is 1.87. The number of benzene rings is 1. The van der Waals surface area contributed by atoms with E-state index in [9.17, 15) is 4.79 Å². The lowest BCUT2D eigenvalue weighted by Crippen LogP contribution is -2.27. The van der Waals surface area contributed by atoms with Gasteiger partial charge in [0.15, 0.2) is 0 Å². The molecule has 17 heavy (non-hydrogen) atoms. The van der Waals surface area contributed by atoms with Crippen molar-refractivity contribution in [2.75, 3.05) is 13.2 Å². The lowest BCUT2D eigenvalue weighted by atomic mass is 10.2. The highest BCUT2D eigenvalue weighted by atomic mass is 16.6. The molecule has 0 spiro atoms. The number of ether oxygens (including phenoxy) is 2. The summed E-state index contributed by atoms with van der Waals surface area (Å²) in [6.07, 6.45) is 1.32. The molecule has 1 heterocycles. The van der Waals surface area contributed by atoms with Crippen LogP contribution in [-0.4, -0.2) is 24.2 Å². The van der Waals surface area contributed by atoms with E-state index in [0.29, 0.717) is 19.8 Å². The number of aromatic hydroxyl groups is 1. The normalized spacial score (nSPS) is 14.2. The van der Waals surface area contributed by atoms with Gasteiger partial charge in [-0.1, -0.05) is 12.1 Å². The molecule has 0 saturated heterocycles. The van der Waals surface area contributed by atoms with E-state index < -0.39 is 0 Å². The van der Waals surface area contributed by atoms with Gasteiger partial charge in [0.25, 0.3) is 5.91 Å². The van der Waals surface area contributed by atoms with Crippen LogP contribution >= 0.6 is 0 Å². The van der Waals surface area contributed by atoms with Crippen LogP contribution in [0.5, 0.6) is 5.75 Å². The van der Waals surface area contributed by atoms with Crippen LogP contribution in [0.2, 0.25) is 0 Å². The van der Waals surface area contributed by atoms with Gasteiger partial charge < -0.3 is 19.9 Å². The molecule has 0 aromatic heterocycles. The first kappa shape index (κ1) is 11.3. The van der Waals surface area contributed by atoms with Gasteiger partial charge in [-0.2, -0.15) is 0 Å². The van der Waals surface area contributed by atoms with Gasteiger partial charge in [-0.15, -0.1) is 0 Å². The largest absolute Gasteiger partial charge is 0.508 e. The number of rotatable bonds is 3. The van der Waals surface area contributed by atoms with Crippen LogP contribution in [0.1, 0.15) is 5.56 Å². The zero-order valence-electron chi connectivity index (χ0n) is 9.18. The van der Waals surface area contributed by atoms with Crippen molar-refractivity contribution in [2.24, 2.45) is 0 Å². The maximum absolute atomic E-state index is 11.6. The van der Waals surface area contributed by atoms with Crippen molar-refractivity contribution < 1.29 is 19.4 Å². The molecule has 1 aromatic rings. The summed E-state index contributed by atoms with van der Waals surface area (Å²) in [7, 11) is 0. The van der Waals surface area contributed by atoms with Crippen LogP contribution in [0.4, 0.5) is 0 Å². The molecule has 1 amide bonds. The van der Waals surface area contributed by atoms with Gasteiger partial charge in [-0.05, 0) is 17.7 Å². The molecule has 2 N–H and O–H groups in total. The molecule has 0 bridgehead atoms. The van der Waals surface area contributed by atoms with Crippen molar-refractivity contribution in [3.05, 3.63) is 41.9 Å². The zero-order valence-corrected chi connectivity index (χ0v) is 9.18. The highest BCUT2D eigenvalue weighted by Crippen LogP contribution is 2.10. The second-order valence-electron chi connectivity index (χ2n) is 3.55. The van der Waals surface area contributed by atoms with Gasteiger partial charge in [0.05, 0.1) is 0 Å². The van der Waals surface area contributed by atoms with Crippen molar-refractivity contribution in [1.29, 1.82) is 0 Å². The second-order valence-corrected chi connectivity index (χ2v) is 3.55. The summed E-state index contributed by atoms with van der Waals surface area (Å²) in [4.78, 5) is 11.6. The fourth-order valence-corrected chi connectivity index (χ4v) is 1.37. The third kappa shape index (κ3) is 3.14. The predicted molar refractivity (Wildman–Crippen MR) is 59.9 cm³/mol. The van der Waals surface area contributed by atoms with Crippen LogP contribution in [0.25, 0.3) is 0 Å². The maximum Gasteiger partial charge on any atom is 0.289 e. The highest BCUT2D eigenvalue weighted by molar-refractivity contribution is 5.91. The first-order valence-electron chi connectivity index (χ1n) is 5.26. The Morgan fingerprint density at radius 3 is 2.71 bits per heavy atom. The summed E-state index contributed by atoms with van der Waals surface area (Å²) < 4.78 is 10.1. The van der Waals surface area contributed by atoms with Crippen molar-refractivity contribution in [1.82, 2.24) is 5.32 Å². The van der Waals surface area contributed by atoms with E-state index in [1.807, 2.05) is 0 Å². The average molecular weight is 235 g/mol. The van der Waals surface area contributed by atoms with Crippen molar-refractivity contribution >= 4 is 5.91 Å². The number of phenolic OH excluding ortho intramolecular Hbond substituents is 1. The van der Waals surface area contributed by atoms with E-state index in [0.717, 1.165) is 5.56 Å². The Bertz CT molecular complexity index is 425. The fourth-order valence-electron chi connectivity index (χ4n) is 1.37. The molecule has 0 radical (unpaired) electrons. The van der Waals surface area contributed by atoms with Crippen molar-refractivity contribution in [3.8, 4) is 5.75 Å². The number of carbonyl (C=O) groups excluding carboxylic acids is 1. The molecule has 0 aliphatic carbocycles. The van der Waals surface area contributed by atoms with Gasteiger partial charge in [0, 0.05) is 6.54 Å². The van der Waals surface area contributed by atoms with Gasteiger partial charge >= 0.3 is 0 Å². The summed E-state index contributed by atoms with van der Waals surface area (Å²) >= 11 is 0. The van der Waals surface area contributed by atoms with Gasteiger partial charge in [0.2, 0.25) is 5.76 Å². The number of hydrogen-bond acceptors (Lipinski definition) is 4. The first-order valence-corrected chi connectivity index (χ1v) is 5.26. The van der Waals surface area contributed by atoms with E-state index in [-0.39, 0.29) is 17.4 Å². The minimum atomic E-state index is -0.308. The Morgan fingerprint density at radius 2 is 2.06 bits per heavy atom. The van der Waals surface area contributed by atoms with Gasteiger partial charge in [-0.25, -0.2) is 0 Å². The monoisotopic (exact) mass is 235 g/mol. The third-order valence-corrected chi connectivity index (χ3v) is 2.26. The molecule has 5 heteroatoms. The Kier molecular flexibility index (Phi) is 3.49. The van der Waals surface area contributed by atoms with Gasteiger partial charge in [-0.3, -0.25) is 4.79 Å². The standard InChI is InChI=1S/C12H13NO4/c14-10-3-1-9(2-4-10)7-13-12(15)11-8-16-5-6-17-11/h1-4,8,14H,5-7H2,(H,13,15). The number of hydrogen-bond donors (Lipinski definition) is 2. The van der Waals surface area contributed by atoms with Crippen LogP contribution in [0.3, 0.4) is 0 Å². The molecule has 1 aliphatic rings.